The van der Waals surface area contributed by atoms with E-state index in [2.05, 4.69) is 22.5 Å². The Bertz CT molecular complexity index is 841. The third kappa shape index (κ3) is 11.2. The van der Waals surface area contributed by atoms with Gasteiger partial charge >= 0.3 is 12.1 Å². The number of ether oxygens (including phenoxy) is 2. The fourth-order valence-corrected chi connectivity index (χ4v) is 3.34. The van der Waals surface area contributed by atoms with Gasteiger partial charge in [-0.05, 0) is 39.5 Å². The van der Waals surface area contributed by atoms with E-state index in [0.29, 0.717) is 0 Å². The van der Waals surface area contributed by atoms with E-state index in [4.69, 9.17) is 9.47 Å². The molecule has 0 unspecified atom stereocenters. The van der Waals surface area contributed by atoms with Crippen LogP contribution in [0.5, 0.6) is 0 Å². The first-order chi connectivity index (χ1) is 16.0. The summed E-state index contributed by atoms with van der Waals surface area (Å²) in [7, 11) is 0. The Hall–Kier alpha value is -3.01. The van der Waals surface area contributed by atoms with E-state index in [1.54, 1.807) is 27.0 Å². The Morgan fingerprint density at radius 1 is 1.03 bits per heavy atom. The van der Waals surface area contributed by atoms with Crippen molar-refractivity contribution in [2.45, 2.75) is 57.8 Å². The number of rotatable bonds is 12. The molecule has 3 amide bonds. The molecule has 1 aromatic carbocycles. The number of alkyl carbamates (subject to hydrolysis) is 1. The minimum Gasteiger partial charge on any atom is -0.460 e. The topological polar surface area (TPSA) is 123 Å². The predicted molar refractivity (Wildman–Crippen MR) is 132 cm³/mol. The molecular weight excluding hydrogens is 458 g/mol. The molecule has 0 spiro atoms. The van der Waals surface area contributed by atoms with Crippen molar-refractivity contribution in [1.82, 2.24) is 16.0 Å². The van der Waals surface area contributed by atoms with Crippen LogP contribution in [-0.4, -0.2) is 66.2 Å². The van der Waals surface area contributed by atoms with Crippen LogP contribution in [-0.2, 0) is 30.3 Å². The summed E-state index contributed by atoms with van der Waals surface area (Å²) >= 11 is 1.35. The number of nitrogens with one attached hydrogen (secondary N) is 3. The second kappa shape index (κ2) is 14.3. The number of hydrogen-bond acceptors (Lipinski definition) is 7. The smallest absolute Gasteiger partial charge is 0.408 e. The van der Waals surface area contributed by atoms with Crippen molar-refractivity contribution < 1.29 is 28.7 Å². The van der Waals surface area contributed by atoms with Gasteiger partial charge in [0, 0.05) is 12.2 Å². The first-order valence-corrected chi connectivity index (χ1v) is 12.3. The summed E-state index contributed by atoms with van der Waals surface area (Å²) in [5.41, 5.74) is 0.0818. The van der Waals surface area contributed by atoms with Crippen molar-refractivity contribution in [2.75, 3.05) is 18.6 Å². The van der Waals surface area contributed by atoms with E-state index >= 15 is 0 Å². The number of amides is 3. The molecule has 10 heteroatoms. The van der Waals surface area contributed by atoms with Crippen molar-refractivity contribution in [1.29, 1.82) is 0 Å². The van der Waals surface area contributed by atoms with Crippen LogP contribution in [0.2, 0.25) is 0 Å². The van der Waals surface area contributed by atoms with E-state index in [9.17, 15) is 19.2 Å². The van der Waals surface area contributed by atoms with Gasteiger partial charge in [0.2, 0.25) is 11.8 Å². The Morgan fingerprint density at radius 3 is 2.21 bits per heavy atom. The average molecular weight is 494 g/mol. The maximum atomic E-state index is 13.1. The summed E-state index contributed by atoms with van der Waals surface area (Å²) in [4.78, 5) is 50.2. The largest absolute Gasteiger partial charge is 0.460 e. The lowest BCUT2D eigenvalue weighted by Gasteiger charge is -2.25. The zero-order valence-corrected chi connectivity index (χ0v) is 21.2. The number of benzene rings is 1. The molecule has 0 aliphatic rings. The zero-order valence-electron chi connectivity index (χ0n) is 20.4. The van der Waals surface area contributed by atoms with Gasteiger partial charge in [-0.2, -0.15) is 11.8 Å². The SMILES string of the molecule is C=CCOC(=O)[C@H](C)NC(=O)[C@H](CSC)NC(=O)[C@H](Cc1ccccc1)NC(=O)OC(C)(C)C. The lowest BCUT2D eigenvalue weighted by atomic mass is 10.0. The summed E-state index contributed by atoms with van der Waals surface area (Å²) in [6.45, 7) is 10.2. The molecule has 1 aromatic rings. The summed E-state index contributed by atoms with van der Waals surface area (Å²) in [5, 5.41) is 7.83. The second-order valence-electron chi connectivity index (χ2n) is 8.55. The molecule has 0 saturated carbocycles. The van der Waals surface area contributed by atoms with Crippen LogP contribution in [0, 0.1) is 0 Å². The van der Waals surface area contributed by atoms with Gasteiger partial charge in [-0.25, -0.2) is 9.59 Å². The number of hydrogen-bond donors (Lipinski definition) is 3. The Morgan fingerprint density at radius 2 is 1.65 bits per heavy atom. The summed E-state index contributed by atoms with van der Waals surface area (Å²) in [6.07, 6.45) is 2.67. The molecule has 0 bridgehead atoms. The van der Waals surface area contributed by atoms with Gasteiger partial charge in [0.05, 0.1) is 0 Å². The van der Waals surface area contributed by atoms with Gasteiger partial charge < -0.3 is 25.4 Å². The molecule has 3 N–H and O–H groups in total. The van der Waals surface area contributed by atoms with Gasteiger partial charge in [0.25, 0.3) is 0 Å². The second-order valence-corrected chi connectivity index (χ2v) is 9.46. The lowest BCUT2D eigenvalue weighted by Crippen LogP contribution is -2.57. The van der Waals surface area contributed by atoms with E-state index in [1.165, 1.54) is 24.8 Å². The van der Waals surface area contributed by atoms with Crippen LogP contribution in [0.1, 0.15) is 33.3 Å². The molecule has 188 valence electrons. The highest BCUT2D eigenvalue weighted by molar-refractivity contribution is 7.98. The van der Waals surface area contributed by atoms with Crippen molar-refractivity contribution in [2.24, 2.45) is 0 Å². The molecule has 0 radical (unpaired) electrons. The van der Waals surface area contributed by atoms with Gasteiger partial charge in [-0.1, -0.05) is 43.0 Å². The highest BCUT2D eigenvalue weighted by atomic mass is 32.2. The van der Waals surface area contributed by atoms with Gasteiger partial charge in [-0.3, -0.25) is 9.59 Å². The minimum absolute atomic E-state index is 0.0293. The van der Waals surface area contributed by atoms with Crippen LogP contribution in [0.25, 0.3) is 0 Å². The molecule has 0 saturated heterocycles. The Labute approximate surface area is 205 Å². The van der Waals surface area contributed by atoms with Crippen LogP contribution in [0.3, 0.4) is 0 Å². The van der Waals surface area contributed by atoms with Gasteiger partial charge in [0.1, 0.15) is 30.3 Å². The maximum absolute atomic E-state index is 13.1. The number of carbonyl (C=O) groups excluding carboxylic acids is 4. The average Bonchev–Trinajstić information content (AvgIpc) is 2.75. The first-order valence-electron chi connectivity index (χ1n) is 10.9. The molecule has 34 heavy (non-hydrogen) atoms. The number of esters is 1. The Balaban J connectivity index is 2.94. The maximum Gasteiger partial charge on any atom is 0.408 e. The third-order valence-corrected chi connectivity index (χ3v) is 4.98. The van der Waals surface area contributed by atoms with Crippen molar-refractivity contribution in [3.63, 3.8) is 0 Å². The molecular formula is C24H35N3O6S. The van der Waals surface area contributed by atoms with Gasteiger partial charge in [-0.15, -0.1) is 0 Å². The van der Waals surface area contributed by atoms with E-state index < -0.39 is 47.6 Å². The summed E-state index contributed by atoms with van der Waals surface area (Å²) < 4.78 is 10.2. The van der Waals surface area contributed by atoms with Crippen molar-refractivity contribution in [3.05, 3.63) is 48.6 Å². The summed E-state index contributed by atoms with van der Waals surface area (Å²) in [6, 6.07) is 6.34. The fraction of sp³-hybridized carbons (Fsp3) is 0.500. The molecule has 1 rings (SSSR count). The first kappa shape index (κ1) is 29.0. The molecule has 0 aromatic heterocycles. The van der Waals surface area contributed by atoms with Crippen LogP contribution >= 0.6 is 11.8 Å². The van der Waals surface area contributed by atoms with Crippen molar-refractivity contribution >= 4 is 35.6 Å². The summed E-state index contributed by atoms with van der Waals surface area (Å²) in [5.74, 6) is -1.44. The van der Waals surface area contributed by atoms with E-state index in [-0.39, 0.29) is 18.8 Å². The highest BCUT2D eigenvalue weighted by Gasteiger charge is 2.29. The van der Waals surface area contributed by atoms with Crippen LogP contribution in [0.4, 0.5) is 4.79 Å². The lowest BCUT2D eigenvalue weighted by molar-refractivity contribution is -0.146. The van der Waals surface area contributed by atoms with E-state index in [0.717, 1.165) is 5.56 Å². The molecule has 0 aliphatic heterocycles. The monoisotopic (exact) mass is 493 g/mol. The predicted octanol–water partition coefficient (Wildman–Crippen LogP) is 2.20. The van der Waals surface area contributed by atoms with Gasteiger partial charge in [0.15, 0.2) is 0 Å². The highest BCUT2D eigenvalue weighted by Crippen LogP contribution is 2.09. The molecule has 0 aliphatic carbocycles. The van der Waals surface area contributed by atoms with Crippen molar-refractivity contribution in [3.8, 4) is 0 Å². The standard InChI is InChI=1S/C24H35N3O6S/c1-7-13-32-22(30)16(2)25-21(29)19(15-34-6)26-20(28)18(14-17-11-9-8-10-12-17)27-23(31)33-24(3,4)5/h7-12,16,18-19H,1,13-15H2,2-6H3,(H,25,29)(H,26,28)(H,27,31)/t16-,18-,19-/m0/s1. The number of thioether (sulfide) groups is 1. The molecule has 0 fully saturated rings. The Kier molecular flexibility index (Phi) is 12.2. The fourth-order valence-electron chi connectivity index (χ4n) is 2.77. The third-order valence-electron chi connectivity index (χ3n) is 4.31. The zero-order chi connectivity index (χ0) is 25.7. The quantitative estimate of drug-likeness (QED) is 0.301. The van der Waals surface area contributed by atoms with Crippen LogP contribution in [0.15, 0.2) is 43.0 Å². The molecule has 9 nitrogen and oxygen atoms in total. The van der Waals surface area contributed by atoms with Crippen LogP contribution < -0.4 is 16.0 Å². The van der Waals surface area contributed by atoms with E-state index in [1.807, 2.05) is 30.3 Å². The molecule has 3 atom stereocenters. The normalized spacial score (nSPS) is 13.6. The number of carbonyl (C=O) groups is 4. The minimum atomic E-state index is -0.982. The molecule has 0 heterocycles.